The summed E-state index contributed by atoms with van der Waals surface area (Å²) in [6, 6.07) is 3.56. The van der Waals surface area contributed by atoms with Gasteiger partial charge in [-0.05, 0) is 11.6 Å². The first-order chi connectivity index (χ1) is 11.0. The second-order valence-electron chi connectivity index (χ2n) is 5.26. The molecule has 0 spiro atoms. The molecular weight excluding hydrogens is 343 g/mol. The van der Waals surface area contributed by atoms with Crippen LogP contribution in [-0.2, 0) is 16.1 Å². The van der Waals surface area contributed by atoms with Gasteiger partial charge in [0.25, 0.3) is 5.91 Å². The van der Waals surface area contributed by atoms with Crippen molar-refractivity contribution >= 4 is 40.8 Å². The van der Waals surface area contributed by atoms with E-state index in [4.69, 9.17) is 23.2 Å². The average Bonchev–Trinajstić information content (AvgIpc) is 2.73. The van der Waals surface area contributed by atoms with E-state index in [0.29, 0.717) is 18.9 Å². The van der Waals surface area contributed by atoms with Crippen LogP contribution in [0.1, 0.15) is 5.56 Å². The molecule has 2 aliphatic heterocycles. The molecule has 7 nitrogen and oxygen atoms in total. The second kappa shape index (κ2) is 6.35. The van der Waals surface area contributed by atoms with Crippen LogP contribution in [0.2, 0.25) is 0 Å². The van der Waals surface area contributed by atoms with Crippen molar-refractivity contribution in [2.45, 2.75) is 12.8 Å². The molecule has 9 heteroatoms. The van der Waals surface area contributed by atoms with Gasteiger partial charge in [-0.2, -0.15) is 0 Å². The number of carbonyl (C=O) groups is 2. The number of carbonyl (C=O) groups excluding carboxylic acids is 2. The normalized spacial score (nSPS) is 22.0. The predicted octanol–water partition coefficient (Wildman–Crippen LogP) is 0.368. The van der Waals surface area contributed by atoms with Gasteiger partial charge >= 0.3 is 0 Å². The van der Waals surface area contributed by atoms with Crippen molar-refractivity contribution in [1.29, 1.82) is 0 Å². The van der Waals surface area contributed by atoms with Crippen molar-refractivity contribution in [2.75, 3.05) is 24.5 Å². The summed E-state index contributed by atoms with van der Waals surface area (Å²) in [6.45, 7) is 1.68. The van der Waals surface area contributed by atoms with Gasteiger partial charge in [0.05, 0.1) is 18.1 Å². The maximum Gasteiger partial charge on any atom is 0.269 e. The molecule has 0 saturated carbocycles. The minimum absolute atomic E-state index is 0.0386. The van der Waals surface area contributed by atoms with E-state index >= 15 is 0 Å². The Balaban J connectivity index is 1.69. The van der Waals surface area contributed by atoms with Crippen LogP contribution in [0.4, 0.5) is 5.82 Å². The zero-order valence-electron chi connectivity index (χ0n) is 12.0. The Bertz CT molecular complexity index is 677. The SMILES string of the molecule is O=C1CN(c2ccc(CN3C(=O)C(Cl)=C(Cl)C3O)cn2)CCN1. The summed E-state index contributed by atoms with van der Waals surface area (Å²) < 4.78 is 0. The van der Waals surface area contributed by atoms with E-state index in [-0.39, 0.29) is 29.1 Å². The van der Waals surface area contributed by atoms with Crippen LogP contribution in [0, 0.1) is 0 Å². The molecule has 2 N–H and O–H groups in total. The summed E-state index contributed by atoms with van der Waals surface area (Å²) in [6.07, 6.45) is 0.365. The first kappa shape index (κ1) is 16.0. The van der Waals surface area contributed by atoms with Gasteiger partial charge in [0.15, 0.2) is 6.23 Å². The van der Waals surface area contributed by atoms with Crippen molar-refractivity contribution in [3.8, 4) is 0 Å². The van der Waals surface area contributed by atoms with Gasteiger partial charge < -0.3 is 20.2 Å². The fourth-order valence-corrected chi connectivity index (χ4v) is 2.88. The Morgan fingerprint density at radius 2 is 2.13 bits per heavy atom. The molecule has 3 rings (SSSR count). The van der Waals surface area contributed by atoms with Crippen LogP contribution in [0.25, 0.3) is 0 Å². The van der Waals surface area contributed by atoms with Crippen molar-refractivity contribution in [2.24, 2.45) is 0 Å². The van der Waals surface area contributed by atoms with Crippen LogP contribution >= 0.6 is 23.2 Å². The van der Waals surface area contributed by atoms with Crippen LogP contribution < -0.4 is 10.2 Å². The highest BCUT2D eigenvalue weighted by Crippen LogP contribution is 2.31. The van der Waals surface area contributed by atoms with Crippen LogP contribution in [0.5, 0.6) is 0 Å². The van der Waals surface area contributed by atoms with Crippen molar-refractivity contribution in [3.05, 3.63) is 34.0 Å². The number of amides is 2. The summed E-state index contributed by atoms with van der Waals surface area (Å²) >= 11 is 11.5. The molecule has 0 bridgehead atoms. The van der Waals surface area contributed by atoms with Gasteiger partial charge in [0.1, 0.15) is 10.9 Å². The smallest absolute Gasteiger partial charge is 0.269 e. The third-order valence-corrected chi connectivity index (χ3v) is 4.55. The van der Waals surface area contributed by atoms with E-state index in [1.54, 1.807) is 18.3 Å². The number of aromatic nitrogens is 1. The number of aliphatic hydroxyl groups is 1. The van der Waals surface area contributed by atoms with Gasteiger partial charge in [-0.15, -0.1) is 0 Å². The molecule has 2 amide bonds. The number of piperazine rings is 1. The first-order valence-corrected chi connectivity index (χ1v) is 7.73. The van der Waals surface area contributed by atoms with E-state index in [9.17, 15) is 14.7 Å². The summed E-state index contributed by atoms with van der Waals surface area (Å²) in [7, 11) is 0. The second-order valence-corrected chi connectivity index (χ2v) is 6.05. The lowest BCUT2D eigenvalue weighted by molar-refractivity contribution is -0.132. The average molecular weight is 357 g/mol. The van der Waals surface area contributed by atoms with Gasteiger partial charge in [-0.25, -0.2) is 4.98 Å². The number of pyridine rings is 1. The molecule has 1 aromatic heterocycles. The highest BCUT2D eigenvalue weighted by atomic mass is 35.5. The Morgan fingerprint density at radius 3 is 2.70 bits per heavy atom. The Labute approximate surface area is 142 Å². The molecule has 122 valence electrons. The quantitative estimate of drug-likeness (QED) is 0.816. The molecule has 1 unspecified atom stereocenters. The fraction of sp³-hybridized carbons (Fsp3) is 0.357. The van der Waals surface area contributed by atoms with Crippen LogP contribution in [0.3, 0.4) is 0 Å². The summed E-state index contributed by atoms with van der Waals surface area (Å²) in [4.78, 5) is 30.6. The lowest BCUT2D eigenvalue weighted by Crippen LogP contribution is -2.48. The summed E-state index contributed by atoms with van der Waals surface area (Å²) in [5.74, 6) is 0.135. The van der Waals surface area contributed by atoms with Gasteiger partial charge in [0.2, 0.25) is 5.91 Å². The summed E-state index contributed by atoms with van der Waals surface area (Å²) in [5.41, 5.74) is 0.721. The molecular formula is C14H14Cl2N4O3. The monoisotopic (exact) mass is 356 g/mol. The Morgan fingerprint density at radius 1 is 1.35 bits per heavy atom. The standard InChI is InChI=1S/C14H14Cl2N4O3/c15-11-12(16)14(23)20(13(11)22)6-8-1-2-9(18-5-8)19-4-3-17-10(21)7-19/h1-2,5,13,22H,3-4,6-7H2,(H,17,21). The van der Waals surface area contributed by atoms with E-state index in [1.807, 2.05) is 4.90 Å². The lowest BCUT2D eigenvalue weighted by Gasteiger charge is -2.27. The lowest BCUT2D eigenvalue weighted by atomic mass is 10.2. The molecule has 0 aromatic carbocycles. The van der Waals surface area contributed by atoms with Gasteiger partial charge in [0, 0.05) is 19.3 Å². The fourth-order valence-electron chi connectivity index (χ4n) is 2.48. The van der Waals surface area contributed by atoms with Crippen molar-refractivity contribution in [1.82, 2.24) is 15.2 Å². The largest absolute Gasteiger partial charge is 0.368 e. The van der Waals surface area contributed by atoms with E-state index in [0.717, 1.165) is 10.5 Å². The van der Waals surface area contributed by atoms with Gasteiger partial charge in [-0.3, -0.25) is 9.59 Å². The van der Waals surface area contributed by atoms with Crippen molar-refractivity contribution in [3.63, 3.8) is 0 Å². The number of nitrogens with one attached hydrogen (secondary N) is 1. The molecule has 1 aromatic rings. The summed E-state index contributed by atoms with van der Waals surface area (Å²) in [5, 5.41) is 12.4. The number of rotatable bonds is 3. The number of hydrogen-bond acceptors (Lipinski definition) is 5. The minimum Gasteiger partial charge on any atom is -0.368 e. The molecule has 1 atom stereocenters. The van der Waals surface area contributed by atoms with E-state index in [2.05, 4.69) is 10.3 Å². The van der Waals surface area contributed by atoms with Gasteiger partial charge in [-0.1, -0.05) is 29.3 Å². The number of halogens is 2. The molecule has 1 saturated heterocycles. The minimum atomic E-state index is -1.23. The number of anilines is 1. The molecule has 23 heavy (non-hydrogen) atoms. The maximum atomic E-state index is 11.9. The highest BCUT2D eigenvalue weighted by molar-refractivity contribution is 6.49. The molecule has 1 fully saturated rings. The third-order valence-electron chi connectivity index (χ3n) is 3.70. The molecule has 2 aliphatic rings. The maximum absolute atomic E-state index is 11.9. The Hall–Kier alpha value is -1.83. The zero-order chi connectivity index (χ0) is 16.6. The first-order valence-electron chi connectivity index (χ1n) is 6.98. The number of hydrogen-bond donors (Lipinski definition) is 2. The highest BCUT2D eigenvalue weighted by Gasteiger charge is 2.36. The molecule has 3 heterocycles. The zero-order valence-corrected chi connectivity index (χ0v) is 13.5. The molecule has 0 aliphatic carbocycles. The van der Waals surface area contributed by atoms with Crippen LogP contribution in [-0.4, -0.2) is 52.7 Å². The van der Waals surface area contributed by atoms with E-state index in [1.165, 1.54) is 0 Å². The number of nitrogens with zero attached hydrogens (tertiary/aromatic N) is 3. The van der Waals surface area contributed by atoms with Crippen LogP contribution in [0.15, 0.2) is 28.4 Å². The number of aliphatic hydroxyl groups excluding tert-OH is 1. The predicted molar refractivity (Wildman–Crippen MR) is 84.7 cm³/mol. The topological polar surface area (TPSA) is 85.8 Å². The van der Waals surface area contributed by atoms with E-state index < -0.39 is 12.1 Å². The Kier molecular flexibility index (Phi) is 4.43. The third kappa shape index (κ3) is 3.12. The van der Waals surface area contributed by atoms with Crippen molar-refractivity contribution < 1.29 is 14.7 Å². The molecule has 0 radical (unpaired) electrons.